The number of carbonyl (C=O) groups excluding carboxylic acids is 2. The Labute approximate surface area is 169 Å². The van der Waals surface area contributed by atoms with Crippen LogP contribution in [0.3, 0.4) is 0 Å². The van der Waals surface area contributed by atoms with Gasteiger partial charge in [-0.1, -0.05) is 0 Å². The lowest BCUT2D eigenvalue weighted by Crippen LogP contribution is -2.41. The highest BCUT2D eigenvalue weighted by Crippen LogP contribution is 2.54. The van der Waals surface area contributed by atoms with Crippen LogP contribution in [-0.4, -0.2) is 58.0 Å². The van der Waals surface area contributed by atoms with Gasteiger partial charge in [-0.15, -0.1) is 0 Å². The highest BCUT2D eigenvalue weighted by atomic mass is 16.5. The van der Waals surface area contributed by atoms with Crippen molar-refractivity contribution >= 4 is 22.8 Å². The first kappa shape index (κ1) is 18.5. The van der Waals surface area contributed by atoms with Gasteiger partial charge < -0.3 is 15.0 Å². The van der Waals surface area contributed by atoms with Crippen LogP contribution in [0.2, 0.25) is 0 Å². The van der Waals surface area contributed by atoms with Gasteiger partial charge in [0.2, 0.25) is 5.91 Å². The fraction of sp³-hybridized carbons (Fsp3) is 0.545. The molecule has 0 radical (unpaired) electrons. The Hall–Kier alpha value is -2.54. The molecule has 1 aromatic carbocycles. The highest BCUT2D eigenvalue weighted by molar-refractivity contribution is 5.97. The summed E-state index contributed by atoms with van der Waals surface area (Å²) in [4.78, 5) is 35.7. The maximum Gasteiger partial charge on any atom is 0.254 e. The summed E-state index contributed by atoms with van der Waals surface area (Å²) in [6.45, 7) is 7.34. The Kier molecular flexibility index (Phi) is 4.13. The van der Waals surface area contributed by atoms with Crippen LogP contribution in [0.4, 0.5) is 0 Å². The fourth-order valence-corrected chi connectivity index (χ4v) is 5.43. The minimum atomic E-state index is -0.242. The third-order valence-corrected chi connectivity index (χ3v) is 6.98. The highest BCUT2D eigenvalue weighted by Gasteiger charge is 2.63. The summed E-state index contributed by atoms with van der Waals surface area (Å²) in [5.74, 6) is 0.553. The molecular formula is C22H26N4O3. The Bertz CT molecular complexity index is 1020. The minimum absolute atomic E-state index is 0.0148. The van der Waals surface area contributed by atoms with Gasteiger partial charge in [-0.2, -0.15) is 0 Å². The van der Waals surface area contributed by atoms with Gasteiger partial charge in [0.05, 0.1) is 40.7 Å². The number of ether oxygens (including phenoxy) is 1. The summed E-state index contributed by atoms with van der Waals surface area (Å²) in [7, 11) is 0. The lowest BCUT2D eigenvalue weighted by molar-refractivity contribution is -0.119. The molecule has 7 nitrogen and oxygen atoms in total. The van der Waals surface area contributed by atoms with E-state index in [-0.39, 0.29) is 35.4 Å². The van der Waals surface area contributed by atoms with Gasteiger partial charge in [-0.3, -0.25) is 9.59 Å². The van der Waals surface area contributed by atoms with Gasteiger partial charge in [0.25, 0.3) is 5.91 Å². The zero-order valence-electron chi connectivity index (χ0n) is 17.1. The van der Waals surface area contributed by atoms with Crippen LogP contribution in [-0.2, 0) is 9.53 Å². The molecule has 3 aliphatic rings. The topological polar surface area (TPSA) is 84.4 Å². The van der Waals surface area contributed by atoms with E-state index in [2.05, 4.69) is 15.3 Å². The first-order valence-electron chi connectivity index (χ1n) is 10.3. The largest absolute Gasteiger partial charge is 0.369 e. The summed E-state index contributed by atoms with van der Waals surface area (Å²) in [5.41, 5.74) is 3.73. The number of aryl methyl sites for hydroxylation is 2. The molecule has 3 fully saturated rings. The molecule has 1 N–H and O–H groups in total. The van der Waals surface area contributed by atoms with E-state index >= 15 is 0 Å². The Morgan fingerprint density at radius 2 is 2.00 bits per heavy atom. The zero-order valence-corrected chi connectivity index (χ0v) is 17.1. The van der Waals surface area contributed by atoms with Gasteiger partial charge >= 0.3 is 0 Å². The number of carbonyl (C=O) groups is 2. The third kappa shape index (κ3) is 2.90. The van der Waals surface area contributed by atoms with Crippen molar-refractivity contribution in [3.05, 3.63) is 35.2 Å². The van der Waals surface area contributed by atoms with Crippen molar-refractivity contribution in [1.29, 1.82) is 0 Å². The van der Waals surface area contributed by atoms with Crippen molar-refractivity contribution in [3.8, 4) is 0 Å². The van der Waals surface area contributed by atoms with Crippen LogP contribution < -0.4 is 5.32 Å². The average Bonchev–Trinajstić information content (AvgIpc) is 3.34. The molecule has 2 aromatic rings. The number of likely N-dealkylation sites (tertiary alicyclic amines) is 1. The number of fused-ring (bicyclic) bond motifs is 2. The maximum absolute atomic E-state index is 13.3. The van der Waals surface area contributed by atoms with E-state index in [9.17, 15) is 9.59 Å². The molecule has 5 rings (SSSR count). The molecule has 3 saturated heterocycles. The second-order valence-corrected chi connectivity index (χ2v) is 8.75. The van der Waals surface area contributed by atoms with E-state index in [0.29, 0.717) is 25.2 Å². The van der Waals surface area contributed by atoms with Crippen LogP contribution in [0.25, 0.3) is 11.0 Å². The first-order chi connectivity index (χ1) is 13.9. The molecule has 0 unspecified atom stereocenters. The van der Waals surface area contributed by atoms with Crippen molar-refractivity contribution in [3.63, 3.8) is 0 Å². The summed E-state index contributed by atoms with van der Waals surface area (Å²) in [6.07, 6.45) is 2.20. The predicted molar refractivity (Wildman–Crippen MR) is 107 cm³/mol. The second-order valence-electron chi connectivity index (χ2n) is 8.75. The van der Waals surface area contributed by atoms with E-state index < -0.39 is 0 Å². The Morgan fingerprint density at radius 1 is 1.24 bits per heavy atom. The molecule has 1 aromatic heterocycles. The van der Waals surface area contributed by atoms with Gasteiger partial charge in [0.15, 0.2) is 0 Å². The van der Waals surface area contributed by atoms with Gasteiger partial charge in [-0.25, -0.2) is 9.97 Å². The van der Waals surface area contributed by atoms with Crippen LogP contribution in [0.15, 0.2) is 18.2 Å². The summed E-state index contributed by atoms with van der Waals surface area (Å²) in [6, 6.07) is 5.56. The van der Waals surface area contributed by atoms with Crippen molar-refractivity contribution in [1.82, 2.24) is 20.2 Å². The SMILES string of the molecule is CC(=O)NC[C@H]1[C@H]2CN(C(=O)c3ccc4nc(C)c(C)nc4c3)C[C@]23CC[C@H]1O3. The monoisotopic (exact) mass is 394 g/mol. The van der Waals surface area contributed by atoms with Crippen molar-refractivity contribution < 1.29 is 14.3 Å². The number of amides is 2. The molecule has 2 bridgehead atoms. The molecule has 152 valence electrons. The predicted octanol–water partition coefficient (Wildman–Crippen LogP) is 2.00. The van der Waals surface area contributed by atoms with Crippen LogP contribution in [0, 0.1) is 25.7 Å². The lowest BCUT2D eigenvalue weighted by Gasteiger charge is -2.29. The van der Waals surface area contributed by atoms with E-state index in [1.54, 1.807) is 6.92 Å². The van der Waals surface area contributed by atoms with Gasteiger partial charge in [-0.05, 0) is 44.9 Å². The third-order valence-electron chi connectivity index (χ3n) is 6.98. The number of benzene rings is 1. The van der Waals surface area contributed by atoms with Crippen LogP contribution in [0.1, 0.15) is 41.5 Å². The van der Waals surface area contributed by atoms with E-state index in [4.69, 9.17) is 4.74 Å². The van der Waals surface area contributed by atoms with Crippen molar-refractivity contribution in [2.24, 2.45) is 11.8 Å². The molecule has 2 amide bonds. The molecule has 0 saturated carbocycles. The quantitative estimate of drug-likeness (QED) is 0.861. The molecule has 3 aliphatic heterocycles. The molecule has 4 atom stereocenters. The Balaban J connectivity index is 1.38. The maximum atomic E-state index is 13.3. The molecular weight excluding hydrogens is 368 g/mol. The fourth-order valence-electron chi connectivity index (χ4n) is 5.43. The zero-order chi connectivity index (χ0) is 20.3. The standard InChI is InChI=1S/C22H26N4O3/c1-12-13(2)25-19-8-15(4-5-18(19)24-12)21(28)26-10-17-16(9-23-14(3)27)20-6-7-22(17,11-26)29-20/h4-5,8,16-17,20H,6-7,9-11H2,1-3H3,(H,23,27)/t16-,17+,20+,22+/m0/s1. The van der Waals surface area contributed by atoms with Crippen molar-refractivity contribution in [2.75, 3.05) is 19.6 Å². The Morgan fingerprint density at radius 3 is 2.76 bits per heavy atom. The lowest BCUT2D eigenvalue weighted by atomic mass is 9.73. The smallest absolute Gasteiger partial charge is 0.254 e. The first-order valence-corrected chi connectivity index (χ1v) is 10.3. The molecule has 29 heavy (non-hydrogen) atoms. The number of hydrogen-bond acceptors (Lipinski definition) is 5. The summed E-state index contributed by atoms with van der Waals surface area (Å²) < 4.78 is 6.38. The number of rotatable bonds is 3. The summed E-state index contributed by atoms with van der Waals surface area (Å²) >= 11 is 0. The number of nitrogens with zero attached hydrogens (tertiary/aromatic N) is 3. The van der Waals surface area contributed by atoms with Gasteiger partial charge in [0, 0.05) is 37.4 Å². The number of aromatic nitrogens is 2. The van der Waals surface area contributed by atoms with Crippen LogP contribution in [0.5, 0.6) is 0 Å². The van der Waals surface area contributed by atoms with E-state index in [1.807, 2.05) is 36.9 Å². The average molecular weight is 394 g/mol. The minimum Gasteiger partial charge on any atom is -0.369 e. The molecule has 7 heteroatoms. The number of hydrogen-bond donors (Lipinski definition) is 1. The van der Waals surface area contributed by atoms with Crippen molar-refractivity contribution in [2.45, 2.75) is 45.3 Å². The van der Waals surface area contributed by atoms with Gasteiger partial charge in [0.1, 0.15) is 0 Å². The number of nitrogens with one attached hydrogen (secondary N) is 1. The summed E-state index contributed by atoms with van der Waals surface area (Å²) in [5, 5.41) is 2.95. The normalized spacial score (nSPS) is 30.0. The van der Waals surface area contributed by atoms with E-state index in [0.717, 1.165) is 35.3 Å². The molecule has 0 aliphatic carbocycles. The van der Waals surface area contributed by atoms with E-state index in [1.165, 1.54) is 0 Å². The molecule has 4 heterocycles. The second kappa shape index (κ2) is 6.49. The van der Waals surface area contributed by atoms with Crippen LogP contribution >= 0.6 is 0 Å². The molecule has 1 spiro atoms.